The fraction of sp³-hybridized carbons (Fsp3) is 0.571. The Labute approximate surface area is 108 Å². The van der Waals surface area contributed by atoms with Crippen molar-refractivity contribution in [3.05, 3.63) is 29.6 Å². The molecule has 4 heteroatoms. The number of methoxy groups -OCH3 is 1. The van der Waals surface area contributed by atoms with Gasteiger partial charge in [0.25, 0.3) is 0 Å². The molecule has 0 bridgehead atoms. The topological polar surface area (TPSA) is 32.7 Å². The third-order valence-electron chi connectivity index (χ3n) is 2.95. The number of halogens is 1. The molecule has 0 fully saturated rings. The van der Waals surface area contributed by atoms with Crippen LogP contribution in [0.25, 0.3) is 0 Å². The maximum Gasteiger partial charge on any atom is 0.123 e. The minimum atomic E-state index is -0.253. The van der Waals surface area contributed by atoms with Gasteiger partial charge in [-0.05, 0) is 38.5 Å². The van der Waals surface area contributed by atoms with Crippen molar-refractivity contribution in [2.24, 2.45) is 0 Å². The molecule has 1 rings (SSSR count). The van der Waals surface area contributed by atoms with Crippen molar-refractivity contribution in [3.8, 4) is 5.75 Å². The Morgan fingerprint density at radius 1 is 1.39 bits per heavy atom. The number of aliphatic hydroxyl groups excluding tert-OH is 1. The Hall–Kier alpha value is -1.13. The average Bonchev–Trinajstić information content (AvgIpc) is 2.34. The lowest BCUT2D eigenvalue weighted by molar-refractivity contribution is 0.183. The van der Waals surface area contributed by atoms with Gasteiger partial charge in [0, 0.05) is 31.3 Å². The van der Waals surface area contributed by atoms with Crippen LogP contribution < -0.4 is 4.74 Å². The van der Waals surface area contributed by atoms with Crippen LogP contribution in [0.15, 0.2) is 18.2 Å². The molecular weight excluding hydrogens is 233 g/mol. The van der Waals surface area contributed by atoms with E-state index in [-0.39, 0.29) is 12.4 Å². The summed E-state index contributed by atoms with van der Waals surface area (Å²) >= 11 is 0. The van der Waals surface area contributed by atoms with E-state index in [9.17, 15) is 4.39 Å². The molecule has 0 saturated heterocycles. The second-order valence-electron chi connectivity index (χ2n) is 4.60. The highest BCUT2D eigenvalue weighted by Crippen LogP contribution is 2.22. The first-order valence-electron chi connectivity index (χ1n) is 6.25. The average molecular weight is 255 g/mol. The van der Waals surface area contributed by atoms with Crippen LogP contribution in [0.4, 0.5) is 4.39 Å². The van der Waals surface area contributed by atoms with Gasteiger partial charge in [-0.2, -0.15) is 0 Å². The van der Waals surface area contributed by atoms with Gasteiger partial charge in [0.05, 0.1) is 7.11 Å². The molecule has 102 valence electrons. The van der Waals surface area contributed by atoms with Crippen LogP contribution in [-0.2, 0) is 6.54 Å². The van der Waals surface area contributed by atoms with Gasteiger partial charge >= 0.3 is 0 Å². The van der Waals surface area contributed by atoms with Crippen LogP contribution >= 0.6 is 0 Å². The first-order valence-corrected chi connectivity index (χ1v) is 6.25. The standard InChI is InChI=1S/C14H22FNO2/c1-11(2)16(7-4-8-17)10-12-9-13(15)5-6-14(12)18-3/h5-6,9,11,17H,4,7-8,10H2,1-3H3. The normalized spacial score (nSPS) is 11.3. The van der Waals surface area contributed by atoms with Crippen molar-refractivity contribution < 1.29 is 14.2 Å². The Bertz CT molecular complexity index is 369. The lowest BCUT2D eigenvalue weighted by Gasteiger charge is -2.27. The first-order chi connectivity index (χ1) is 8.58. The fourth-order valence-electron chi connectivity index (χ4n) is 1.88. The largest absolute Gasteiger partial charge is 0.496 e. The molecule has 0 amide bonds. The van der Waals surface area contributed by atoms with Gasteiger partial charge in [0.15, 0.2) is 0 Å². The van der Waals surface area contributed by atoms with Gasteiger partial charge in [-0.3, -0.25) is 4.90 Å². The van der Waals surface area contributed by atoms with E-state index in [4.69, 9.17) is 9.84 Å². The van der Waals surface area contributed by atoms with E-state index in [0.29, 0.717) is 18.3 Å². The molecule has 1 aromatic rings. The zero-order chi connectivity index (χ0) is 13.5. The maximum atomic E-state index is 13.3. The summed E-state index contributed by atoms with van der Waals surface area (Å²) < 4.78 is 18.5. The molecule has 18 heavy (non-hydrogen) atoms. The molecule has 0 aromatic heterocycles. The zero-order valence-corrected chi connectivity index (χ0v) is 11.3. The van der Waals surface area contributed by atoms with Gasteiger partial charge in [-0.1, -0.05) is 0 Å². The van der Waals surface area contributed by atoms with Gasteiger partial charge < -0.3 is 9.84 Å². The van der Waals surface area contributed by atoms with E-state index in [1.54, 1.807) is 13.2 Å². The number of ether oxygens (including phenoxy) is 1. The summed E-state index contributed by atoms with van der Waals surface area (Å²) in [7, 11) is 1.59. The van der Waals surface area contributed by atoms with Crippen LogP contribution in [0.1, 0.15) is 25.8 Å². The molecule has 1 aromatic carbocycles. The van der Waals surface area contributed by atoms with Crippen LogP contribution in [0, 0.1) is 5.82 Å². The Kier molecular flexibility index (Phi) is 6.09. The molecule has 0 heterocycles. The second kappa shape index (κ2) is 7.34. The fourth-order valence-corrected chi connectivity index (χ4v) is 1.88. The van der Waals surface area contributed by atoms with E-state index < -0.39 is 0 Å². The molecule has 0 spiro atoms. The highest BCUT2D eigenvalue weighted by Gasteiger charge is 2.13. The van der Waals surface area contributed by atoms with Crippen LogP contribution in [-0.4, -0.2) is 36.3 Å². The molecule has 3 nitrogen and oxygen atoms in total. The highest BCUT2D eigenvalue weighted by atomic mass is 19.1. The Morgan fingerprint density at radius 3 is 2.67 bits per heavy atom. The number of hydrogen-bond acceptors (Lipinski definition) is 3. The predicted molar refractivity (Wildman–Crippen MR) is 70.2 cm³/mol. The lowest BCUT2D eigenvalue weighted by atomic mass is 10.1. The van der Waals surface area contributed by atoms with E-state index in [2.05, 4.69) is 18.7 Å². The third kappa shape index (κ3) is 4.27. The maximum absolute atomic E-state index is 13.3. The SMILES string of the molecule is COc1ccc(F)cc1CN(CCCO)C(C)C. The molecule has 0 saturated carbocycles. The molecule has 1 N–H and O–H groups in total. The lowest BCUT2D eigenvalue weighted by Crippen LogP contribution is -2.32. The predicted octanol–water partition coefficient (Wildman–Crippen LogP) is 2.43. The van der Waals surface area contributed by atoms with Gasteiger partial charge in [-0.25, -0.2) is 4.39 Å². The number of aliphatic hydroxyl groups is 1. The zero-order valence-electron chi connectivity index (χ0n) is 11.3. The minimum Gasteiger partial charge on any atom is -0.496 e. The Morgan fingerprint density at radius 2 is 2.11 bits per heavy atom. The van der Waals surface area contributed by atoms with Gasteiger partial charge in [0.2, 0.25) is 0 Å². The molecular formula is C14H22FNO2. The van der Waals surface area contributed by atoms with E-state index in [1.807, 2.05) is 0 Å². The highest BCUT2D eigenvalue weighted by molar-refractivity contribution is 5.33. The van der Waals surface area contributed by atoms with E-state index in [1.165, 1.54) is 12.1 Å². The Balaban J connectivity index is 2.81. The van der Waals surface area contributed by atoms with Gasteiger partial charge in [-0.15, -0.1) is 0 Å². The van der Waals surface area contributed by atoms with Crippen molar-refractivity contribution in [1.82, 2.24) is 4.90 Å². The first kappa shape index (κ1) is 14.9. The van der Waals surface area contributed by atoms with Crippen molar-refractivity contribution in [2.75, 3.05) is 20.3 Å². The van der Waals surface area contributed by atoms with Crippen molar-refractivity contribution >= 4 is 0 Å². The summed E-state index contributed by atoms with van der Waals surface area (Å²) in [6, 6.07) is 4.89. The van der Waals surface area contributed by atoms with Crippen molar-refractivity contribution in [2.45, 2.75) is 32.9 Å². The minimum absolute atomic E-state index is 0.170. The molecule has 0 atom stereocenters. The summed E-state index contributed by atoms with van der Waals surface area (Å²) in [6.45, 7) is 5.75. The number of rotatable bonds is 7. The summed E-state index contributed by atoms with van der Waals surface area (Å²) in [4.78, 5) is 2.19. The summed E-state index contributed by atoms with van der Waals surface area (Å²) in [6.07, 6.45) is 0.718. The number of hydrogen-bond donors (Lipinski definition) is 1. The quantitative estimate of drug-likeness (QED) is 0.812. The van der Waals surface area contributed by atoms with Crippen LogP contribution in [0.3, 0.4) is 0 Å². The van der Waals surface area contributed by atoms with Crippen molar-refractivity contribution in [1.29, 1.82) is 0 Å². The van der Waals surface area contributed by atoms with Crippen LogP contribution in [0.2, 0.25) is 0 Å². The van der Waals surface area contributed by atoms with Gasteiger partial charge in [0.1, 0.15) is 11.6 Å². The molecule has 0 aliphatic heterocycles. The third-order valence-corrected chi connectivity index (χ3v) is 2.95. The summed E-state index contributed by atoms with van der Waals surface area (Å²) in [5, 5.41) is 8.90. The monoisotopic (exact) mass is 255 g/mol. The second-order valence-corrected chi connectivity index (χ2v) is 4.60. The van der Waals surface area contributed by atoms with Crippen LogP contribution in [0.5, 0.6) is 5.75 Å². The summed E-state index contributed by atoms with van der Waals surface area (Å²) in [5.74, 6) is 0.447. The molecule has 0 aliphatic rings. The molecule has 0 radical (unpaired) electrons. The van der Waals surface area contributed by atoms with E-state index >= 15 is 0 Å². The molecule has 0 unspecified atom stereocenters. The smallest absolute Gasteiger partial charge is 0.123 e. The van der Waals surface area contributed by atoms with E-state index in [0.717, 1.165) is 18.5 Å². The van der Waals surface area contributed by atoms with Crippen molar-refractivity contribution in [3.63, 3.8) is 0 Å². The molecule has 0 aliphatic carbocycles. The summed E-state index contributed by atoms with van der Waals surface area (Å²) in [5.41, 5.74) is 0.837. The number of benzene rings is 1. The number of nitrogens with zero attached hydrogens (tertiary/aromatic N) is 1.